The molecule has 4 fully saturated rings. The molecule has 58 heavy (non-hydrogen) atoms. The third-order valence-corrected chi connectivity index (χ3v) is 18.8. The zero-order valence-electron chi connectivity index (χ0n) is 33.6. The molecule has 4 rings (SSSR count). The Morgan fingerprint density at radius 2 is 0.655 bits per heavy atom. The summed E-state index contributed by atoms with van der Waals surface area (Å²) in [6.45, 7) is 2.19. The lowest BCUT2D eigenvalue weighted by Crippen LogP contribution is -2.38. The Hall–Kier alpha value is -0.0600. The second-order valence-corrected chi connectivity index (χ2v) is 25.3. The quantitative estimate of drug-likeness (QED) is 0.0397. The van der Waals surface area contributed by atoms with Gasteiger partial charge in [-0.15, -0.1) is 0 Å². The van der Waals surface area contributed by atoms with Gasteiger partial charge in [-0.1, -0.05) is 77.0 Å². The van der Waals surface area contributed by atoms with Crippen LogP contribution in [0.1, 0.15) is 155 Å². The van der Waals surface area contributed by atoms with Crippen LogP contribution in [0.25, 0.3) is 0 Å². The average molecular weight is 951 g/mol. The van der Waals surface area contributed by atoms with E-state index in [1.54, 1.807) is 0 Å². The van der Waals surface area contributed by atoms with Crippen molar-refractivity contribution in [2.45, 2.75) is 202 Å². The fraction of sp³-hybridized carbons (Fsp3) is 1.00. The third kappa shape index (κ3) is 17.2. The van der Waals surface area contributed by atoms with E-state index in [9.17, 15) is 42.8 Å². The molecule has 0 heterocycles. The molecule has 4 aliphatic carbocycles. The van der Waals surface area contributed by atoms with E-state index in [0.717, 1.165) is 90.9 Å². The van der Waals surface area contributed by atoms with E-state index in [-0.39, 0.29) is 25.2 Å². The van der Waals surface area contributed by atoms with Crippen LogP contribution in [-0.2, 0) is 84.9 Å². The number of rotatable bonds is 25. The summed E-state index contributed by atoms with van der Waals surface area (Å²) in [4.78, 5) is 0. The Balaban J connectivity index is 1.35. The van der Waals surface area contributed by atoms with Crippen molar-refractivity contribution in [1.82, 2.24) is 0 Å². The van der Waals surface area contributed by atoms with Gasteiger partial charge in [0.05, 0.1) is 24.4 Å². The SMILES string of the molecule is CC(OC(O[PH](=O)CCCC[PH](=O)OC(OC(C)S(=O)(=O)OC1CCCCC1)S(=O)(=O)OC1CCCCC1)S(=O)(=O)OC1CCCCC1)S(=O)(=O)OC1CCCCC1. The minimum Gasteiger partial charge on any atom is -0.316 e. The van der Waals surface area contributed by atoms with Gasteiger partial charge in [0, 0.05) is 12.3 Å². The topological polar surface area (TPSA) is 245 Å². The lowest BCUT2D eigenvalue weighted by atomic mass is 9.98. The van der Waals surface area contributed by atoms with Crippen LogP contribution in [0.4, 0.5) is 0 Å². The van der Waals surface area contributed by atoms with E-state index >= 15 is 0 Å². The molecule has 24 heteroatoms. The Labute approximate surface area is 347 Å². The maximum atomic E-state index is 13.4. The number of hydrogen-bond donors (Lipinski definition) is 0. The number of ether oxygens (including phenoxy) is 2. The predicted molar refractivity (Wildman–Crippen MR) is 215 cm³/mol. The molecule has 6 atom stereocenters. The monoisotopic (exact) mass is 950 g/mol. The predicted octanol–water partition coefficient (Wildman–Crippen LogP) is 6.76. The van der Waals surface area contributed by atoms with Crippen LogP contribution in [0.3, 0.4) is 0 Å². The van der Waals surface area contributed by atoms with Gasteiger partial charge in [-0.05, 0) is 78.1 Å². The molecule has 4 aliphatic rings. The van der Waals surface area contributed by atoms with Gasteiger partial charge in [-0.3, -0.25) is 34.9 Å². The first-order valence-electron chi connectivity index (χ1n) is 20.7. The van der Waals surface area contributed by atoms with Gasteiger partial charge in [0.15, 0.2) is 26.9 Å². The summed E-state index contributed by atoms with van der Waals surface area (Å²) in [7, 11) is -24.9. The second kappa shape index (κ2) is 24.1. The highest BCUT2D eigenvalue weighted by Crippen LogP contribution is 2.36. The minimum absolute atomic E-state index is 0.0311. The van der Waals surface area contributed by atoms with Crippen LogP contribution in [-0.4, -0.2) is 92.5 Å². The fourth-order valence-electron chi connectivity index (χ4n) is 7.28. The van der Waals surface area contributed by atoms with E-state index in [2.05, 4.69) is 0 Å². The first-order valence-corrected chi connectivity index (χ1v) is 29.7. The molecule has 0 aromatic carbocycles. The molecular weight excluding hydrogens is 887 g/mol. The highest BCUT2D eigenvalue weighted by atomic mass is 32.2. The van der Waals surface area contributed by atoms with Gasteiger partial charge in [0.25, 0.3) is 31.5 Å². The van der Waals surface area contributed by atoms with Gasteiger partial charge in [-0.2, -0.15) is 33.7 Å². The molecule has 6 unspecified atom stereocenters. The van der Waals surface area contributed by atoms with Crippen LogP contribution in [0.5, 0.6) is 0 Å². The van der Waals surface area contributed by atoms with Crippen molar-refractivity contribution >= 4 is 56.5 Å². The average Bonchev–Trinajstić information content (AvgIpc) is 3.17. The third-order valence-electron chi connectivity index (χ3n) is 10.6. The summed E-state index contributed by atoms with van der Waals surface area (Å²) in [5.41, 5.74) is -8.33. The summed E-state index contributed by atoms with van der Waals surface area (Å²) in [5.74, 6) is 0. The summed E-state index contributed by atoms with van der Waals surface area (Å²) < 4.78 is 174. The maximum absolute atomic E-state index is 13.4. The van der Waals surface area contributed by atoms with Crippen LogP contribution in [0.15, 0.2) is 0 Å². The van der Waals surface area contributed by atoms with Crippen LogP contribution in [0, 0.1) is 0 Å². The molecule has 0 amide bonds. The van der Waals surface area contributed by atoms with Crippen molar-refractivity contribution in [3.63, 3.8) is 0 Å². The van der Waals surface area contributed by atoms with Crippen molar-refractivity contribution < 1.29 is 78.1 Å². The smallest absolute Gasteiger partial charge is 0.316 e. The van der Waals surface area contributed by atoms with Crippen molar-refractivity contribution in [1.29, 1.82) is 0 Å². The molecule has 0 bridgehead atoms. The van der Waals surface area contributed by atoms with Crippen molar-refractivity contribution in [2.24, 2.45) is 0 Å². The second-order valence-electron chi connectivity index (χ2n) is 15.6. The highest BCUT2D eigenvalue weighted by Gasteiger charge is 2.41. The van der Waals surface area contributed by atoms with Crippen molar-refractivity contribution in [2.75, 3.05) is 12.3 Å². The minimum atomic E-state index is -4.76. The first kappa shape index (κ1) is 50.6. The lowest BCUT2D eigenvalue weighted by molar-refractivity contribution is -0.0432. The molecule has 0 spiro atoms. The largest absolute Gasteiger partial charge is 0.322 e. The molecular formula is C34H64O18P2S4. The summed E-state index contributed by atoms with van der Waals surface area (Å²) in [6.07, 6.45) is 10.7. The van der Waals surface area contributed by atoms with E-state index in [1.165, 1.54) is 0 Å². The van der Waals surface area contributed by atoms with Crippen LogP contribution in [0.2, 0.25) is 0 Å². The summed E-state index contributed by atoms with van der Waals surface area (Å²) in [6, 6.07) is 0. The molecule has 18 nitrogen and oxygen atoms in total. The Morgan fingerprint density at radius 3 is 0.914 bits per heavy atom. The molecule has 4 saturated carbocycles. The van der Waals surface area contributed by atoms with E-state index in [0.29, 0.717) is 51.4 Å². The normalized spacial score (nSPS) is 23.8. The zero-order chi connectivity index (χ0) is 42.4. The van der Waals surface area contributed by atoms with Gasteiger partial charge in [-0.25, -0.2) is 0 Å². The highest BCUT2D eigenvalue weighted by molar-refractivity contribution is 7.88. The van der Waals surface area contributed by atoms with Gasteiger partial charge in [0.2, 0.25) is 0 Å². The molecule has 0 saturated heterocycles. The lowest BCUT2D eigenvalue weighted by Gasteiger charge is -2.27. The zero-order valence-corrected chi connectivity index (χ0v) is 38.8. The van der Waals surface area contributed by atoms with Crippen molar-refractivity contribution in [3.8, 4) is 0 Å². The van der Waals surface area contributed by atoms with Gasteiger partial charge < -0.3 is 9.47 Å². The Bertz CT molecular complexity index is 1610. The van der Waals surface area contributed by atoms with Gasteiger partial charge in [0.1, 0.15) is 0 Å². The molecule has 0 aromatic rings. The molecule has 0 N–H and O–H groups in total. The van der Waals surface area contributed by atoms with Gasteiger partial charge >= 0.3 is 20.2 Å². The molecule has 0 aliphatic heterocycles. The summed E-state index contributed by atoms with van der Waals surface area (Å²) >= 11 is 0. The van der Waals surface area contributed by atoms with E-state index in [4.69, 9.17) is 35.3 Å². The standard InChI is InChI=1S/C34H64O18P2S4/c1-27(55(37,38)49-29-17-7-3-8-18-29)45-33(57(41,42)51-31-21-11-5-12-22-31)47-53(35)25-15-16-26-54(36)48-34(58(43,44)52-32-23-13-6-14-24-32)46-28(2)56(39,40)50-30-19-9-4-10-20-30/h27-34,53-54H,3-26H2,1-2H3. The summed E-state index contributed by atoms with van der Waals surface area (Å²) in [5, 5.41) is 0. The van der Waals surface area contributed by atoms with Crippen LogP contribution < -0.4 is 0 Å². The first-order chi connectivity index (χ1) is 27.4. The molecule has 0 aromatic heterocycles. The fourth-order valence-corrected chi connectivity index (χ4v) is 14.7. The molecule has 342 valence electrons. The van der Waals surface area contributed by atoms with E-state index in [1.807, 2.05) is 0 Å². The van der Waals surface area contributed by atoms with Crippen molar-refractivity contribution in [3.05, 3.63) is 0 Å². The Morgan fingerprint density at radius 1 is 0.414 bits per heavy atom. The molecule has 0 radical (unpaired) electrons. The number of hydrogen-bond acceptors (Lipinski definition) is 18. The number of unbranched alkanes of at least 4 members (excludes halogenated alkanes) is 1. The Kier molecular flexibility index (Phi) is 21.0. The maximum Gasteiger partial charge on any atom is 0.322 e. The van der Waals surface area contributed by atoms with Crippen LogP contribution >= 0.6 is 16.1 Å². The van der Waals surface area contributed by atoms with E-state index < -0.39 is 103 Å².